The van der Waals surface area contributed by atoms with E-state index < -0.39 is 0 Å². The van der Waals surface area contributed by atoms with E-state index in [1.807, 2.05) is 0 Å². The van der Waals surface area contributed by atoms with Gasteiger partial charge in [-0.05, 0) is 0 Å². The minimum Gasteiger partial charge on any atom is 0 e. The normalized spacial score (nSPS) is 0. The SMILES string of the molecule is [Al].[Mn].[Nb].[Ni]. The Labute approximate surface area is 72.5 Å². The molecule has 0 atom stereocenters. The summed E-state index contributed by atoms with van der Waals surface area (Å²) in [4.78, 5) is 0. The van der Waals surface area contributed by atoms with E-state index in [-0.39, 0.29) is 73.3 Å². The molecule has 4 heavy (non-hydrogen) atoms. The first-order valence-electron chi connectivity index (χ1n) is 0. The Morgan fingerprint density at radius 1 is 1.00 bits per heavy atom. The Balaban J connectivity index is 0. The average Bonchev–Trinajstić information content (AvgIpc) is 0. The van der Waals surface area contributed by atoms with E-state index in [1.165, 1.54) is 0 Å². The van der Waals surface area contributed by atoms with Gasteiger partial charge in [-0.1, -0.05) is 0 Å². The summed E-state index contributed by atoms with van der Waals surface area (Å²) < 4.78 is 0. The van der Waals surface area contributed by atoms with E-state index in [0.717, 1.165) is 0 Å². The summed E-state index contributed by atoms with van der Waals surface area (Å²) in [6, 6.07) is 0. The minimum absolute atomic E-state index is 0. The molecule has 0 saturated heterocycles. The third-order valence-electron chi connectivity index (χ3n) is 0. The molecule has 5 radical (unpaired) electrons. The Hall–Kier alpha value is 2.29. The molecule has 25 valence electrons. The maximum atomic E-state index is 0. The molecule has 0 aromatic carbocycles. The summed E-state index contributed by atoms with van der Waals surface area (Å²) in [5.74, 6) is 0. The first kappa shape index (κ1) is 33.6. The van der Waals surface area contributed by atoms with E-state index in [4.69, 9.17) is 0 Å². The van der Waals surface area contributed by atoms with Gasteiger partial charge in [-0.2, -0.15) is 0 Å². The summed E-state index contributed by atoms with van der Waals surface area (Å²) in [6.45, 7) is 0. The number of rotatable bonds is 0. The van der Waals surface area contributed by atoms with Gasteiger partial charge >= 0.3 is 0 Å². The van der Waals surface area contributed by atoms with Crippen molar-refractivity contribution in [1.29, 1.82) is 0 Å². The molecule has 0 N–H and O–H groups in total. The third-order valence-corrected chi connectivity index (χ3v) is 0. The maximum Gasteiger partial charge on any atom is 0 e. The fourth-order valence-corrected chi connectivity index (χ4v) is 0. The Kier molecular flexibility index (Phi) is 156. The molecular formula is AlMnNbNi. The molecule has 0 aliphatic heterocycles. The molecule has 0 spiro atoms. The van der Waals surface area contributed by atoms with Gasteiger partial charge in [0.25, 0.3) is 0 Å². The van der Waals surface area contributed by atoms with Gasteiger partial charge in [-0.3, -0.25) is 0 Å². The average molecular weight is 234 g/mol. The van der Waals surface area contributed by atoms with Crippen LogP contribution in [0.15, 0.2) is 0 Å². The molecule has 0 aromatic rings. The molecule has 0 heterocycles. The van der Waals surface area contributed by atoms with Crippen LogP contribution in [0.3, 0.4) is 0 Å². The summed E-state index contributed by atoms with van der Waals surface area (Å²) in [5, 5.41) is 0. The van der Waals surface area contributed by atoms with Crippen molar-refractivity contribution in [3.8, 4) is 0 Å². The number of hydrogen-bond acceptors (Lipinski definition) is 0. The van der Waals surface area contributed by atoms with Gasteiger partial charge in [0, 0.05) is 73.3 Å². The van der Waals surface area contributed by atoms with Gasteiger partial charge in [-0.15, -0.1) is 0 Å². The van der Waals surface area contributed by atoms with Crippen molar-refractivity contribution in [1.82, 2.24) is 0 Å². The van der Waals surface area contributed by atoms with E-state index >= 15 is 0 Å². The third kappa shape index (κ3) is 8.86. The second-order valence-corrected chi connectivity index (χ2v) is 0. The Bertz CT molecular complexity index is 8.00. The summed E-state index contributed by atoms with van der Waals surface area (Å²) in [6.07, 6.45) is 0. The van der Waals surface area contributed by atoms with E-state index in [9.17, 15) is 0 Å². The van der Waals surface area contributed by atoms with Gasteiger partial charge in [0.05, 0.1) is 0 Å². The first-order chi connectivity index (χ1) is 0. The van der Waals surface area contributed by atoms with E-state index in [0.29, 0.717) is 0 Å². The zero-order valence-electron chi connectivity index (χ0n) is 1.72. The summed E-state index contributed by atoms with van der Waals surface area (Å²) in [7, 11) is 0. The molecule has 0 bridgehead atoms. The van der Waals surface area contributed by atoms with Crippen molar-refractivity contribution < 1.29 is 55.9 Å². The first-order valence-corrected chi connectivity index (χ1v) is 0. The topological polar surface area (TPSA) is 0 Å². The van der Waals surface area contributed by atoms with Crippen molar-refractivity contribution in [2.45, 2.75) is 0 Å². The second kappa shape index (κ2) is 18.6. The van der Waals surface area contributed by atoms with Crippen molar-refractivity contribution in [2.24, 2.45) is 0 Å². The van der Waals surface area contributed by atoms with Crippen LogP contribution in [-0.4, -0.2) is 17.4 Å². The smallest absolute Gasteiger partial charge is 0 e. The van der Waals surface area contributed by atoms with Crippen molar-refractivity contribution >= 4 is 17.4 Å². The summed E-state index contributed by atoms with van der Waals surface area (Å²) >= 11 is 0. The van der Waals surface area contributed by atoms with Crippen LogP contribution in [0.4, 0.5) is 0 Å². The minimum atomic E-state index is 0. The molecule has 0 nitrogen and oxygen atoms in total. The second-order valence-electron chi connectivity index (χ2n) is 0. The molecule has 0 aliphatic carbocycles. The van der Waals surface area contributed by atoms with Crippen molar-refractivity contribution in [3.63, 3.8) is 0 Å². The molecular weight excluding hydrogens is 234 g/mol. The van der Waals surface area contributed by atoms with Crippen LogP contribution >= 0.6 is 0 Å². The van der Waals surface area contributed by atoms with E-state index in [1.54, 1.807) is 0 Å². The van der Waals surface area contributed by atoms with E-state index in [2.05, 4.69) is 0 Å². The quantitative estimate of drug-likeness (QED) is 0.500. The predicted molar refractivity (Wildman–Crippen MR) is 5.75 cm³/mol. The zero-order chi connectivity index (χ0) is 0. The Morgan fingerprint density at radius 3 is 1.00 bits per heavy atom. The molecule has 0 amide bonds. The van der Waals surface area contributed by atoms with Crippen LogP contribution in [0.25, 0.3) is 0 Å². The fourth-order valence-electron chi connectivity index (χ4n) is 0. The van der Waals surface area contributed by atoms with Crippen LogP contribution in [0.5, 0.6) is 0 Å². The van der Waals surface area contributed by atoms with Crippen LogP contribution in [0.2, 0.25) is 0 Å². The molecule has 0 rings (SSSR count). The maximum absolute atomic E-state index is 0. The zero-order valence-corrected chi connectivity index (χ0v) is 7.24. The predicted octanol–water partition coefficient (Wildman–Crippen LogP) is -0.388. The van der Waals surface area contributed by atoms with Gasteiger partial charge in [0.15, 0.2) is 0 Å². The molecule has 0 fully saturated rings. The van der Waals surface area contributed by atoms with Gasteiger partial charge in [0.2, 0.25) is 0 Å². The summed E-state index contributed by atoms with van der Waals surface area (Å²) in [5.41, 5.74) is 0. The molecule has 0 unspecified atom stereocenters. The Morgan fingerprint density at radius 2 is 1.00 bits per heavy atom. The largest absolute Gasteiger partial charge is 0 e. The van der Waals surface area contributed by atoms with Crippen molar-refractivity contribution in [3.05, 3.63) is 0 Å². The standard InChI is InChI=1S/Al.Mn.Nb.Ni. The van der Waals surface area contributed by atoms with Crippen LogP contribution < -0.4 is 0 Å². The van der Waals surface area contributed by atoms with Gasteiger partial charge in [0.1, 0.15) is 0 Å². The van der Waals surface area contributed by atoms with Crippen molar-refractivity contribution in [2.75, 3.05) is 0 Å². The monoisotopic (exact) mass is 233 g/mol. The molecule has 4 heteroatoms. The van der Waals surface area contributed by atoms with Crippen LogP contribution in [0, 0.1) is 0 Å². The molecule has 0 aromatic heterocycles. The van der Waals surface area contributed by atoms with Crippen LogP contribution in [-0.2, 0) is 55.9 Å². The van der Waals surface area contributed by atoms with Gasteiger partial charge < -0.3 is 0 Å². The molecule has 0 saturated carbocycles. The molecule has 0 aliphatic rings. The fraction of sp³-hybridized carbons (Fsp3) is 0. The van der Waals surface area contributed by atoms with Crippen LogP contribution in [0.1, 0.15) is 0 Å². The number of hydrogen-bond donors (Lipinski definition) is 0. The van der Waals surface area contributed by atoms with Gasteiger partial charge in [-0.25, -0.2) is 0 Å².